The predicted octanol–water partition coefficient (Wildman–Crippen LogP) is 2.60. The molecule has 0 bridgehead atoms. The third-order valence-electron chi connectivity index (χ3n) is 2.16. The molecule has 0 radical (unpaired) electrons. The molecule has 0 aromatic carbocycles. The molecular weight excluding hydrogens is 318 g/mol. The standard InChI is InChI=1S/C10H6BrN5OS/c11-5-3-6(7(12)14-4-5)8-15-16-9(17-8)10-13-1-2-18-10/h1-4H,(H2,12,14). The molecule has 0 fully saturated rings. The molecule has 0 aliphatic rings. The van der Waals surface area contributed by atoms with Crippen LogP contribution in [0.3, 0.4) is 0 Å². The molecule has 6 nitrogen and oxygen atoms in total. The second-order valence-corrected chi connectivity index (χ2v) is 5.15. The molecule has 0 unspecified atom stereocenters. The Hall–Kier alpha value is -1.80. The zero-order chi connectivity index (χ0) is 12.5. The molecule has 18 heavy (non-hydrogen) atoms. The Balaban J connectivity index is 2.05. The van der Waals surface area contributed by atoms with Gasteiger partial charge in [-0.1, -0.05) is 0 Å². The fourth-order valence-electron chi connectivity index (χ4n) is 1.37. The Bertz CT molecular complexity index is 681. The van der Waals surface area contributed by atoms with E-state index in [1.165, 1.54) is 11.3 Å². The van der Waals surface area contributed by atoms with Gasteiger partial charge in [0.1, 0.15) is 5.82 Å². The lowest BCUT2D eigenvalue weighted by Gasteiger charge is -1.99. The van der Waals surface area contributed by atoms with Crippen molar-refractivity contribution in [3.05, 3.63) is 28.3 Å². The number of nitrogens with zero attached hydrogens (tertiary/aromatic N) is 4. The number of thiazole rings is 1. The summed E-state index contributed by atoms with van der Waals surface area (Å²) in [6, 6.07) is 1.78. The van der Waals surface area contributed by atoms with E-state index in [0.717, 1.165) is 4.47 Å². The van der Waals surface area contributed by atoms with Gasteiger partial charge in [-0.15, -0.1) is 21.5 Å². The lowest BCUT2D eigenvalue weighted by molar-refractivity contribution is 0.584. The number of hydrogen-bond donors (Lipinski definition) is 1. The molecule has 0 saturated heterocycles. The summed E-state index contributed by atoms with van der Waals surface area (Å²) in [5.41, 5.74) is 6.37. The van der Waals surface area contributed by atoms with E-state index in [0.29, 0.717) is 28.2 Å². The first kappa shape index (κ1) is 11.3. The van der Waals surface area contributed by atoms with Gasteiger partial charge in [-0.3, -0.25) is 0 Å². The van der Waals surface area contributed by atoms with Crippen LogP contribution in [0.4, 0.5) is 5.82 Å². The van der Waals surface area contributed by atoms with Crippen LogP contribution in [-0.2, 0) is 0 Å². The quantitative estimate of drug-likeness (QED) is 0.779. The summed E-state index contributed by atoms with van der Waals surface area (Å²) >= 11 is 4.75. The van der Waals surface area contributed by atoms with Crippen LogP contribution >= 0.6 is 27.3 Å². The van der Waals surface area contributed by atoms with Gasteiger partial charge in [0.15, 0.2) is 5.01 Å². The molecule has 0 amide bonds. The number of pyridine rings is 1. The molecule has 0 aliphatic carbocycles. The number of anilines is 1. The first-order valence-electron chi connectivity index (χ1n) is 4.89. The lowest BCUT2D eigenvalue weighted by Crippen LogP contribution is -1.93. The lowest BCUT2D eigenvalue weighted by atomic mass is 10.2. The van der Waals surface area contributed by atoms with Crippen molar-refractivity contribution in [1.82, 2.24) is 20.2 Å². The first-order chi connectivity index (χ1) is 8.74. The molecule has 0 spiro atoms. The Kier molecular flexibility index (Phi) is 2.80. The number of nitrogens with two attached hydrogens (primary N) is 1. The summed E-state index contributed by atoms with van der Waals surface area (Å²) in [5.74, 6) is 1.04. The molecule has 90 valence electrons. The minimum atomic E-state index is 0.325. The predicted molar refractivity (Wildman–Crippen MR) is 70.7 cm³/mol. The van der Waals surface area contributed by atoms with Crippen LogP contribution in [0.1, 0.15) is 0 Å². The SMILES string of the molecule is Nc1ncc(Br)cc1-c1nnc(-c2nccs2)o1. The Morgan fingerprint density at radius 2 is 2.06 bits per heavy atom. The zero-order valence-corrected chi connectivity index (χ0v) is 11.3. The summed E-state index contributed by atoms with van der Waals surface area (Å²) in [7, 11) is 0. The molecule has 3 rings (SSSR count). The molecule has 0 aliphatic heterocycles. The average Bonchev–Trinajstić information content (AvgIpc) is 3.00. The van der Waals surface area contributed by atoms with Crippen LogP contribution < -0.4 is 5.73 Å². The number of aromatic nitrogens is 4. The van der Waals surface area contributed by atoms with Gasteiger partial charge in [-0.05, 0) is 22.0 Å². The van der Waals surface area contributed by atoms with Crippen molar-refractivity contribution < 1.29 is 4.42 Å². The van der Waals surface area contributed by atoms with E-state index in [9.17, 15) is 0 Å². The van der Waals surface area contributed by atoms with Crippen LogP contribution in [0.15, 0.2) is 32.7 Å². The Labute approximate surface area is 114 Å². The molecule has 2 N–H and O–H groups in total. The highest BCUT2D eigenvalue weighted by atomic mass is 79.9. The van der Waals surface area contributed by atoms with Crippen LogP contribution in [0.5, 0.6) is 0 Å². The molecule has 8 heteroatoms. The van der Waals surface area contributed by atoms with Gasteiger partial charge in [-0.2, -0.15) is 0 Å². The summed E-state index contributed by atoms with van der Waals surface area (Å²) in [6.07, 6.45) is 3.29. The van der Waals surface area contributed by atoms with Gasteiger partial charge in [0, 0.05) is 22.2 Å². The van der Waals surface area contributed by atoms with Crippen molar-refractivity contribution in [3.8, 4) is 22.4 Å². The molecule has 3 aromatic rings. The van der Waals surface area contributed by atoms with Crippen molar-refractivity contribution >= 4 is 33.1 Å². The van der Waals surface area contributed by atoms with Crippen molar-refractivity contribution in [3.63, 3.8) is 0 Å². The summed E-state index contributed by atoms with van der Waals surface area (Å²) in [4.78, 5) is 8.12. The topological polar surface area (TPSA) is 90.7 Å². The van der Waals surface area contributed by atoms with Crippen LogP contribution in [0, 0.1) is 0 Å². The minimum Gasteiger partial charge on any atom is -0.414 e. The van der Waals surface area contributed by atoms with Crippen LogP contribution in [0.2, 0.25) is 0 Å². The van der Waals surface area contributed by atoms with E-state index < -0.39 is 0 Å². The molecule has 3 aromatic heterocycles. The van der Waals surface area contributed by atoms with Crippen molar-refractivity contribution in [2.45, 2.75) is 0 Å². The number of nitrogen functional groups attached to an aromatic ring is 1. The number of halogens is 1. The Morgan fingerprint density at radius 3 is 2.83 bits per heavy atom. The number of rotatable bonds is 2. The maximum absolute atomic E-state index is 5.78. The molecular formula is C10H6BrN5OS. The van der Waals surface area contributed by atoms with E-state index >= 15 is 0 Å². The maximum Gasteiger partial charge on any atom is 0.277 e. The highest BCUT2D eigenvalue weighted by Gasteiger charge is 2.15. The van der Waals surface area contributed by atoms with E-state index in [4.69, 9.17) is 10.2 Å². The maximum atomic E-state index is 5.78. The monoisotopic (exact) mass is 323 g/mol. The third kappa shape index (κ3) is 2.00. The largest absolute Gasteiger partial charge is 0.414 e. The first-order valence-corrected chi connectivity index (χ1v) is 6.56. The van der Waals surface area contributed by atoms with Crippen LogP contribution in [-0.4, -0.2) is 20.2 Å². The highest BCUT2D eigenvalue weighted by molar-refractivity contribution is 9.10. The Morgan fingerprint density at radius 1 is 1.22 bits per heavy atom. The summed E-state index contributed by atoms with van der Waals surface area (Å²) in [5, 5.41) is 10.4. The van der Waals surface area contributed by atoms with Gasteiger partial charge in [0.05, 0.1) is 5.56 Å². The van der Waals surface area contributed by atoms with Gasteiger partial charge in [0.2, 0.25) is 0 Å². The summed E-state index contributed by atoms with van der Waals surface area (Å²) in [6.45, 7) is 0. The average molecular weight is 324 g/mol. The van der Waals surface area contributed by atoms with Crippen molar-refractivity contribution in [2.75, 3.05) is 5.73 Å². The summed E-state index contributed by atoms with van der Waals surface area (Å²) < 4.78 is 6.33. The van der Waals surface area contributed by atoms with E-state index in [2.05, 4.69) is 36.1 Å². The fourth-order valence-corrected chi connectivity index (χ4v) is 2.26. The van der Waals surface area contributed by atoms with Gasteiger partial charge < -0.3 is 10.2 Å². The minimum absolute atomic E-state index is 0.325. The van der Waals surface area contributed by atoms with Crippen molar-refractivity contribution in [1.29, 1.82) is 0 Å². The van der Waals surface area contributed by atoms with Gasteiger partial charge in [0.25, 0.3) is 11.8 Å². The zero-order valence-electron chi connectivity index (χ0n) is 8.87. The van der Waals surface area contributed by atoms with Crippen LogP contribution in [0.25, 0.3) is 22.4 Å². The smallest absolute Gasteiger partial charge is 0.277 e. The second kappa shape index (κ2) is 4.46. The highest BCUT2D eigenvalue weighted by Crippen LogP contribution is 2.29. The molecule has 0 atom stereocenters. The van der Waals surface area contributed by atoms with Gasteiger partial charge >= 0.3 is 0 Å². The van der Waals surface area contributed by atoms with Gasteiger partial charge in [-0.25, -0.2) is 9.97 Å². The third-order valence-corrected chi connectivity index (χ3v) is 3.35. The van der Waals surface area contributed by atoms with E-state index in [1.54, 1.807) is 18.5 Å². The van der Waals surface area contributed by atoms with Crippen molar-refractivity contribution in [2.24, 2.45) is 0 Å². The normalized spacial score (nSPS) is 10.7. The molecule has 3 heterocycles. The second-order valence-electron chi connectivity index (χ2n) is 3.34. The molecule has 0 saturated carbocycles. The van der Waals surface area contributed by atoms with E-state index in [-0.39, 0.29) is 0 Å². The van der Waals surface area contributed by atoms with E-state index in [1.807, 2.05) is 5.38 Å². The number of hydrogen-bond acceptors (Lipinski definition) is 7. The fraction of sp³-hybridized carbons (Fsp3) is 0.